The van der Waals surface area contributed by atoms with Crippen LogP contribution >= 0.6 is 0 Å². The normalized spacial score (nSPS) is 23.0. The molecule has 0 bridgehead atoms. The maximum absolute atomic E-state index is 12.8. The molecule has 2 aliphatic heterocycles. The molecule has 110 valence electrons. The fraction of sp³-hybridized carbons (Fsp3) is 0.222. The number of benzene rings is 2. The summed E-state index contributed by atoms with van der Waals surface area (Å²) < 4.78 is 5.24. The molecular formula is C18H15NO3. The van der Waals surface area contributed by atoms with Crippen LogP contribution in [-0.2, 0) is 16.1 Å². The van der Waals surface area contributed by atoms with E-state index in [0.717, 1.165) is 11.1 Å². The topological polar surface area (TPSA) is 46.6 Å². The maximum Gasteiger partial charge on any atom is 0.315 e. The van der Waals surface area contributed by atoms with Crippen molar-refractivity contribution in [3.8, 4) is 0 Å². The predicted molar refractivity (Wildman–Crippen MR) is 80.2 cm³/mol. The average Bonchev–Trinajstić information content (AvgIpc) is 2.94. The second-order valence-corrected chi connectivity index (χ2v) is 5.68. The van der Waals surface area contributed by atoms with E-state index in [0.29, 0.717) is 12.1 Å². The molecule has 1 amide bonds. The summed E-state index contributed by atoms with van der Waals surface area (Å²) >= 11 is 0. The van der Waals surface area contributed by atoms with Crippen molar-refractivity contribution >= 4 is 11.9 Å². The molecule has 0 N–H and O–H groups in total. The predicted octanol–water partition coefficient (Wildman–Crippen LogP) is 2.35. The van der Waals surface area contributed by atoms with Gasteiger partial charge in [0.25, 0.3) is 5.91 Å². The largest absolute Gasteiger partial charge is 0.463 e. The van der Waals surface area contributed by atoms with Crippen LogP contribution in [0.25, 0.3) is 0 Å². The van der Waals surface area contributed by atoms with Crippen LogP contribution in [0.5, 0.6) is 0 Å². The van der Waals surface area contributed by atoms with Crippen molar-refractivity contribution in [3.63, 3.8) is 0 Å². The first-order valence-electron chi connectivity index (χ1n) is 7.36. The summed E-state index contributed by atoms with van der Waals surface area (Å²) in [6.45, 7) is 0.766. The number of nitrogens with zero attached hydrogens (tertiary/aromatic N) is 1. The Hall–Kier alpha value is -2.62. The van der Waals surface area contributed by atoms with Gasteiger partial charge >= 0.3 is 5.97 Å². The summed E-state index contributed by atoms with van der Waals surface area (Å²) in [6.07, 6.45) is 0. The molecule has 4 heteroatoms. The Morgan fingerprint density at radius 2 is 1.73 bits per heavy atom. The van der Waals surface area contributed by atoms with E-state index in [1.54, 1.807) is 11.0 Å². The van der Waals surface area contributed by atoms with E-state index in [1.807, 2.05) is 48.5 Å². The fourth-order valence-electron chi connectivity index (χ4n) is 3.35. The van der Waals surface area contributed by atoms with Gasteiger partial charge in [-0.1, -0.05) is 48.5 Å². The molecule has 0 unspecified atom stereocenters. The number of amides is 1. The zero-order valence-electron chi connectivity index (χ0n) is 11.9. The second-order valence-electron chi connectivity index (χ2n) is 5.68. The number of hydrogen-bond donors (Lipinski definition) is 0. The zero-order chi connectivity index (χ0) is 15.1. The average molecular weight is 293 g/mol. The number of carbonyl (C=O) groups excluding carboxylic acids is 2. The highest BCUT2D eigenvalue weighted by Gasteiger charge is 2.48. The van der Waals surface area contributed by atoms with E-state index in [9.17, 15) is 9.59 Å². The van der Waals surface area contributed by atoms with Crippen molar-refractivity contribution in [3.05, 3.63) is 71.3 Å². The van der Waals surface area contributed by atoms with Crippen molar-refractivity contribution in [1.82, 2.24) is 4.90 Å². The monoisotopic (exact) mass is 293 g/mol. The van der Waals surface area contributed by atoms with Gasteiger partial charge in [0.15, 0.2) is 0 Å². The number of carbonyl (C=O) groups is 2. The lowest BCUT2D eigenvalue weighted by Gasteiger charge is -2.36. The van der Waals surface area contributed by atoms with Crippen LogP contribution in [-0.4, -0.2) is 29.4 Å². The Kier molecular flexibility index (Phi) is 2.96. The van der Waals surface area contributed by atoms with Gasteiger partial charge in [-0.25, -0.2) is 0 Å². The molecule has 0 spiro atoms. The SMILES string of the molecule is O=C1OC[C@@H]2[C@H]1c1ccccc1C(=O)N2Cc1ccccc1. The van der Waals surface area contributed by atoms with Crippen molar-refractivity contribution in [2.45, 2.75) is 18.5 Å². The van der Waals surface area contributed by atoms with Gasteiger partial charge in [-0.15, -0.1) is 0 Å². The first kappa shape index (κ1) is 13.1. The molecule has 2 heterocycles. The van der Waals surface area contributed by atoms with Crippen LogP contribution in [0.3, 0.4) is 0 Å². The van der Waals surface area contributed by atoms with Crippen molar-refractivity contribution < 1.29 is 14.3 Å². The van der Waals surface area contributed by atoms with E-state index in [4.69, 9.17) is 4.74 Å². The first-order valence-corrected chi connectivity index (χ1v) is 7.36. The first-order chi connectivity index (χ1) is 10.8. The number of rotatable bonds is 2. The summed E-state index contributed by atoms with van der Waals surface area (Å²) in [7, 11) is 0. The highest BCUT2D eigenvalue weighted by Crippen LogP contribution is 2.38. The Labute approximate surface area is 128 Å². The van der Waals surface area contributed by atoms with Gasteiger partial charge in [-0.05, 0) is 17.2 Å². The van der Waals surface area contributed by atoms with E-state index in [-0.39, 0.29) is 30.4 Å². The number of esters is 1. The molecule has 2 aromatic rings. The number of hydrogen-bond acceptors (Lipinski definition) is 3. The Bertz CT molecular complexity index is 741. The summed E-state index contributed by atoms with van der Waals surface area (Å²) in [6, 6.07) is 16.9. The Balaban J connectivity index is 1.77. The lowest BCUT2D eigenvalue weighted by atomic mass is 9.84. The van der Waals surface area contributed by atoms with Crippen LogP contribution in [0.2, 0.25) is 0 Å². The van der Waals surface area contributed by atoms with Crippen LogP contribution in [0, 0.1) is 0 Å². The Morgan fingerprint density at radius 3 is 2.55 bits per heavy atom. The molecule has 2 aliphatic rings. The van der Waals surface area contributed by atoms with E-state index in [1.165, 1.54) is 0 Å². The molecule has 1 fully saturated rings. The van der Waals surface area contributed by atoms with Crippen molar-refractivity contribution in [2.75, 3.05) is 6.61 Å². The standard InChI is InChI=1S/C18H15NO3/c20-17-14-9-5-4-8-13(14)16-15(11-22-18(16)21)19(17)10-12-6-2-1-3-7-12/h1-9,15-16H,10-11H2/t15-,16-/m1/s1. The van der Waals surface area contributed by atoms with Crippen molar-refractivity contribution in [2.24, 2.45) is 0 Å². The highest BCUT2D eigenvalue weighted by atomic mass is 16.5. The minimum absolute atomic E-state index is 0.0287. The van der Waals surface area contributed by atoms with Crippen LogP contribution in [0.1, 0.15) is 27.4 Å². The zero-order valence-corrected chi connectivity index (χ0v) is 11.9. The molecule has 22 heavy (non-hydrogen) atoms. The molecule has 4 rings (SSSR count). The second kappa shape index (κ2) is 4.98. The summed E-state index contributed by atoms with van der Waals surface area (Å²) in [5.41, 5.74) is 2.45. The lowest BCUT2D eigenvalue weighted by molar-refractivity contribution is -0.139. The quantitative estimate of drug-likeness (QED) is 0.799. The molecule has 0 saturated carbocycles. The maximum atomic E-state index is 12.8. The smallest absolute Gasteiger partial charge is 0.315 e. The summed E-state index contributed by atoms with van der Waals surface area (Å²) in [4.78, 5) is 26.7. The third kappa shape index (κ3) is 1.91. The van der Waals surface area contributed by atoms with E-state index < -0.39 is 0 Å². The number of cyclic esters (lactones) is 1. The number of ether oxygens (including phenoxy) is 1. The minimum Gasteiger partial charge on any atom is -0.463 e. The van der Waals surface area contributed by atoms with E-state index >= 15 is 0 Å². The minimum atomic E-state index is -0.363. The fourth-order valence-corrected chi connectivity index (χ4v) is 3.35. The summed E-state index contributed by atoms with van der Waals surface area (Å²) in [5.74, 6) is -0.625. The highest BCUT2D eigenvalue weighted by molar-refractivity contribution is 6.01. The molecule has 1 saturated heterocycles. The van der Waals surface area contributed by atoms with Gasteiger partial charge in [0.2, 0.25) is 0 Å². The third-order valence-corrected chi connectivity index (χ3v) is 4.42. The van der Waals surface area contributed by atoms with Gasteiger partial charge < -0.3 is 9.64 Å². The summed E-state index contributed by atoms with van der Waals surface area (Å²) in [5, 5.41) is 0. The molecule has 2 atom stereocenters. The van der Waals surface area contributed by atoms with Gasteiger partial charge in [0.1, 0.15) is 12.5 Å². The van der Waals surface area contributed by atoms with E-state index in [2.05, 4.69) is 0 Å². The molecule has 0 radical (unpaired) electrons. The molecule has 0 aliphatic carbocycles. The van der Waals surface area contributed by atoms with Crippen LogP contribution in [0.4, 0.5) is 0 Å². The van der Waals surface area contributed by atoms with Gasteiger partial charge in [0.05, 0.1) is 6.04 Å². The van der Waals surface area contributed by atoms with Crippen molar-refractivity contribution in [1.29, 1.82) is 0 Å². The van der Waals surface area contributed by atoms with Gasteiger partial charge in [-0.3, -0.25) is 9.59 Å². The molecule has 0 aromatic heterocycles. The van der Waals surface area contributed by atoms with Gasteiger partial charge in [0, 0.05) is 12.1 Å². The molecular weight excluding hydrogens is 278 g/mol. The lowest BCUT2D eigenvalue weighted by Crippen LogP contribution is -2.47. The Morgan fingerprint density at radius 1 is 1.00 bits per heavy atom. The molecule has 2 aromatic carbocycles. The van der Waals surface area contributed by atoms with Gasteiger partial charge in [-0.2, -0.15) is 0 Å². The third-order valence-electron chi connectivity index (χ3n) is 4.42. The van der Waals surface area contributed by atoms with Crippen LogP contribution < -0.4 is 0 Å². The number of fused-ring (bicyclic) bond motifs is 3. The van der Waals surface area contributed by atoms with Crippen LogP contribution in [0.15, 0.2) is 54.6 Å². The molecule has 4 nitrogen and oxygen atoms in total.